The smallest absolute Gasteiger partial charge is 0.233 e. The first-order valence-electron chi connectivity index (χ1n) is 8.93. The maximum atomic E-state index is 13.1. The maximum absolute atomic E-state index is 13.1. The number of amides is 1. The van der Waals surface area contributed by atoms with Gasteiger partial charge in [0.1, 0.15) is 18.3 Å². The Kier molecular flexibility index (Phi) is 3.80. The first kappa shape index (κ1) is 15.0. The van der Waals surface area contributed by atoms with Gasteiger partial charge in [-0.2, -0.15) is 0 Å². The monoisotopic (exact) mass is 314 g/mol. The number of hydrogen-bond acceptors (Lipinski definition) is 3. The van der Waals surface area contributed by atoms with Crippen LogP contribution in [0.15, 0.2) is 24.3 Å². The Balaban J connectivity index is 1.52. The second kappa shape index (κ2) is 5.82. The molecule has 23 heavy (non-hydrogen) atoms. The Morgan fingerprint density at radius 2 is 1.96 bits per heavy atom. The van der Waals surface area contributed by atoms with Crippen LogP contribution in [0.5, 0.6) is 5.75 Å². The van der Waals surface area contributed by atoms with Gasteiger partial charge in [0.05, 0.1) is 0 Å². The minimum absolute atomic E-state index is 0.115. The lowest BCUT2D eigenvalue weighted by Gasteiger charge is -2.32. The van der Waals surface area contributed by atoms with E-state index in [-0.39, 0.29) is 11.8 Å². The molecule has 0 saturated carbocycles. The second-order valence-electron chi connectivity index (χ2n) is 7.40. The van der Waals surface area contributed by atoms with Crippen molar-refractivity contribution in [2.45, 2.75) is 57.2 Å². The van der Waals surface area contributed by atoms with Crippen molar-refractivity contribution in [3.63, 3.8) is 0 Å². The highest BCUT2D eigenvalue weighted by Crippen LogP contribution is 2.37. The number of likely N-dealkylation sites (tertiary alicyclic amines) is 1. The quantitative estimate of drug-likeness (QED) is 0.841. The van der Waals surface area contributed by atoms with Crippen molar-refractivity contribution in [1.29, 1.82) is 0 Å². The van der Waals surface area contributed by atoms with Gasteiger partial charge in [-0.15, -0.1) is 0 Å². The number of carbonyl (C=O) groups is 1. The summed E-state index contributed by atoms with van der Waals surface area (Å²) in [6.07, 6.45) is 3.63. The predicted molar refractivity (Wildman–Crippen MR) is 89.7 cm³/mol. The van der Waals surface area contributed by atoms with E-state index in [0.717, 1.165) is 30.8 Å². The zero-order chi connectivity index (χ0) is 16.0. The summed E-state index contributed by atoms with van der Waals surface area (Å²) in [7, 11) is 0. The highest BCUT2D eigenvalue weighted by molar-refractivity contribution is 5.85. The molecule has 0 N–H and O–H groups in total. The third kappa shape index (κ3) is 2.53. The summed E-state index contributed by atoms with van der Waals surface area (Å²) in [6, 6.07) is 9.73. The Bertz CT molecular complexity index is 601. The normalized spacial score (nSPS) is 30.2. The Morgan fingerprint density at radius 3 is 2.78 bits per heavy atom. The lowest BCUT2D eigenvalue weighted by molar-refractivity contribution is -0.133. The van der Waals surface area contributed by atoms with E-state index in [0.29, 0.717) is 24.7 Å². The average Bonchev–Trinajstić information content (AvgIpc) is 3.07. The van der Waals surface area contributed by atoms with Crippen LogP contribution in [0.2, 0.25) is 0 Å². The number of ether oxygens (including phenoxy) is 1. The third-order valence-electron chi connectivity index (χ3n) is 5.75. The fraction of sp³-hybridized carbons (Fsp3) is 0.632. The minimum atomic E-state index is -0.115. The van der Waals surface area contributed by atoms with E-state index in [1.54, 1.807) is 0 Å². The molecule has 0 spiro atoms. The molecule has 3 unspecified atom stereocenters. The fourth-order valence-corrected chi connectivity index (χ4v) is 4.74. The van der Waals surface area contributed by atoms with E-state index >= 15 is 0 Å². The molecule has 3 atom stereocenters. The van der Waals surface area contributed by atoms with Gasteiger partial charge in [-0.25, -0.2) is 0 Å². The van der Waals surface area contributed by atoms with Crippen LogP contribution in [-0.2, 0) is 4.79 Å². The molecule has 124 valence electrons. The Hall–Kier alpha value is -1.55. The summed E-state index contributed by atoms with van der Waals surface area (Å²) in [5.41, 5.74) is 1.06. The van der Waals surface area contributed by atoms with Gasteiger partial charge in [0.15, 0.2) is 0 Å². The van der Waals surface area contributed by atoms with Crippen LogP contribution in [0.4, 0.5) is 0 Å². The van der Waals surface area contributed by atoms with Gasteiger partial charge in [0, 0.05) is 36.8 Å². The molecule has 3 aliphatic heterocycles. The summed E-state index contributed by atoms with van der Waals surface area (Å²) in [5.74, 6) is 1.02. The van der Waals surface area contributed by atoms with Gasteiger partial charge in [-0.1, -0.05) is 18.2 Å². The van der Waals surface area contributed by atoms with E-state index in [1.807, 2.05) is 24.3 Å². The highest BCUT2D eigenvalue weighted by Gasteiger charge is 2.41. The standard InChI is InChI=1S/C19H26N2O2/c1-13(2)21-14-7-8-15(21)11-20(10-9-14)19(22)17-12-23-18-6-4-3-5-16(17)18/h3-6,13-15,17H,7-12H2,1-2H3. The summed E-state index contributed by atoms with van der Waals surface area (Å²) < 4.78 is 5.72. The topological polar surface area (TPSA) is 32.8 Å². The van der Waals surface area contributed by atoms with E-state index in [4.69, 9.17) is 4.74 Å². The number of fused-ring (bicyclic) bond motifs is 3. The van der Waals surface area contributed by atoms with E-state index < -0.39 is 0 Å². The first-order valence-corrected chi connectivity index (χ1v) is 8.93. The van der Waals surface area contributed by atoms with Crippen molar-refractivity contribution in [3.8, 4) is 5.75 Å². The van der Waals surface area contributed by atoms with Crippen LogP contribution in [0.1, 0.15) is 44.6 Å². The Morgan fingerprint density at radius 1 is 1.17 bits per heavy atom. The van der Waals surface area contributed by atoms with Gasteiger partial charge < -0.3 is 9.64 Å². The van der Waals surface area contributed by atoms with Crippen molar-refractivity contribution in [2.24, 2.45) is 0 Å². The number of hydrogen-bond donors (Lipinski definition) is 0. The molecule has 0 aromatic heterocycles. The SMILES string of the molecule is CC(C)N1C2CCC1CN(C(=O)C1COc3ccccc31)CC2. The second-order valence-corrected chi connectivity index (χ2v) is 7.40. The number of para-hydroxylation sites is 1. The van der Waals surface area contributed by atoms with Crippen molar-refractivity contribution in [1.82, 2.24) is 9.80 Å². The lowest BCUT2D eigenvalue weighted by Crippen LogP contribution is -2.45. The molecular weight excluding hydrogens is 288 g/mol. The van der Waals surface area contributed by atoms with Gasteiger partial charge >= 0.3 is 0 Å². The molecule has 2 bridgehead atoms. The van der Waals surface area contributed by atoms with Gasteiger partial charge in [-0.3, -0.25) is 9.69 Å². The van der Waals surface area contributed by atoms with Crippen molar-refractivity contribution in [2.75, 3.05) is 19.7 Å². The molecule has 4 heteroatoms. The van der Waals surface area contributed by atoms with E-state index in [1.165, 1.54) is 12.8 Å². The lowest BCUT2D eigenvalue weighted by atomic mass is 9.99. The van der Waals surface area contributed by atoms with Crippen LogP contribution in [0, 0.1) is 0 Å². The molecule has 2 saturated heterocycles. The largest absolute Gasteiger partial charge is 0.492 e. The highest BCUT2D eigenvalue weighted by atomic mass is 16.5. The van der Waals surface area contributed by atoms with Crippen LogP contribution < -0.4 is 4.74 Å². The predicted octanol–water partition coefficient (Wildman–Crippen LogP) is 2.64. The van der Waals surface area contributed by atoms with Gasteiger partial charge in [0.25, 0.3) is 0 Å². The molecular formula is C19H26N2O2. The third-order valence-corrected chi connectivity index (χ3v) is 5.75. The maximum Gasteiger partial charge on any atom is 0.233 e. The van der Waals surface area contributed by atoms with Crippen LogP contribution in [0.25, 0.3) is 0 Å². The average molecular weight is 314 g/mol. The summed E-state index contributed by atoms with van der Waals surface area (Å²) in [4.78, 5) is 17.8. The summed E-state index contributed by atoms with van der Waals surface area (Å²) in [5, 5.41) is 0. The summed E-state index contributed by atoms with van der Waals surface area (Å²) >= 11 is 0. The van der Waals surface area contributed by atoms with Crippen molar-refractivity contribution >= 4 is 5.91 Å². The zero-order valence-electron chi connectivity index (χ0n) is 14.1. The number of nitrogens with zero attached hydrogens (tertiary/aromatic N) is 2. The van der Waals surface area contributed by atoms with E-state index in [2.05, 4.69) is 23.6 Å². The molecule has 3 heterocycles. The van der Waals surface area contributed by atoms with Crippen molar-refractivity contribution < 1.29 is 9.53 Å². The number of benzene rings is 1. The van der Waals surface area contributed by atoms with Crippen LogP contribution in [0.3, 0.4) is 0 Å². The number of carbonyl (C=O) groups excluding carboxylic acids is 1. The molecule has 1 aromatic carbocycles. The van der Waals surface area contributed by atoms with E-state index in [9.17, 15) is 4.79 Å². The van der Waals surface area contributed by atoms with Crippen LogP contribution >= 0.6 is 0 Å². The minimum Gasteiger partial charge on any atom is -0.492 e. The molecule has 3 aliphatic rings. The van der Waals surface area contributed by atoms with Gasteiger partial charge in [-0.05, 0) is 39.2 Å². The molecule has 0 radical (unpaired) electrons. The molecule has 0 aliphatic carbocycles. The fourth-order valence-electron chi connectivity index (χ4n) is 4.74. The molecule has 4 nitrogen and oxygen atoms in total. The zero-order valence-corrected chi connectivity index (χ0v) is 14.1. The van der Waals surface area contributed by atoms with Crippen molar-refractivity contribution in [3.05, 3.63) is 29.8 Å². The van der Waals surface area contributed by atoms with Crippen LogP contribution in [-0.4, -0.2) is 53.5 Å². The molecule has 2 fully saturated rings. The molecule has 1 amide bonds. The first-order chi connectivity index (χ1) is 11.1. The molecule has 1 aromatic rings. The summed E-state index contributed by atoms with van der Waals surface area (Å²) in [6.45, 7) is 6.83. The Labute approximate surface area is 138 Å². The number of rotatable bonds is 2. The molecule has 4 rings (SSSR count). The van der Waals surface area contributed by atoms with Gasteiger partial charge in [0.2, 0.25) is 5.91 Å².